The molecule has 2 aliphatic rings. The predicted octanol–water partition coefficient (Wildman–Crippen LogP) is 3.71. The molecule has 2 fully saturated rings. The predicted molar refractivity (Wildman–Crippen MR) is 94.9 cm³/mol. The lowest BCUT2D eigenvalue weighted by atomic mass is 10.0. The van der Waals surface area contributed by atoms with Gasteiger partial charge in [0.05, 0.1) is 0 Å². The Balaban J connectivity index is 1.34. The highest BCUT2D eigenvalue weighted by Gasteiger charge is 2.72. The number of carbonyl (C=O) groups is 1. The van der Waals surface area contributed by atoms with Crippen molar-refractivity contribution < 1.29 is 22.0 Å². The van der Waals surface area contributed by atoms with Gasteiger partial charge in [-0.2, -0.15) is 0 Å². The van der Waals surface area contributed by atoms with Crippen molar-refractivity contribution in [2.75, 3.05) is 6.54 Å². The summed E-state index contributed by atoms with van der Waals surface area (Å²) < 4.78 is 54.3. The molecule has 140 valence electrons. The Morgan fingerprint density at radius 3 is 2.69 bits per heavy atom. The van der Waals surface area contributed by atoms with Crippen molar-refractivity contribution in [2.45, 2.75) is 35.8 Å². The molecule has 2 unspecified atom stereocenters. The maximum absolute atomic E-state index is 13.4. The Morgan fingerprint density at radius 2 is 2.04 bits per heavy atom. The molecule has 26 heavy (non-hydrogen) atoms. The molecule has 2 atom stereocenters. The van der Waals surface area contributed by atoms with Crippen LogP contribution in [0.3, 0.4) is 0 Å². The third-order valence-corrected chi connectivity index (χ3v) is 8.29. The van der Waals surface area contributed by atoms with Gasteiger partial charge in [0, 0.05) is 23.1 Å². The molecule has 1 aromatic carbocycles. The Kier molecular flexibility index (Phi) is 4.00. The number of amides is 2. The van der Waals surface area contributed by atoms with Crippen molar-refractivity contribution in [3.8, 4) is 0 Å². The summed E-state index contributed by atoms with van der Waals surface area (Å²) in [5, 5.41) is 3.30. The van der Waals surface area contributed by atoms with Crippen molar-refractivity contribution in [1.29, 1.82) is 0 Å². The van der Waals surface area contributed by atoms with Gasteiger partial charge in [-0.25, -0.2) is 26.7 Å². The molecule has 0 saturated heterocycles. The quantitative estimate of drug-likeness (QED) is 0.821. The normalized spacial score (nSPS) is 26.9. The van der Waals surface area contributed by atoms with Gasteiger partial charge in [0.25, 0.3) is 15.9 Å². The van der Waals surface area contributed by atoms with E-state index in [0.29, 0.717) is 19.3 Å². The summed E-state index contributed by atoms with van der Waals surface area (Å²) in [6.07, 6.45) is 1.40. The molecule has 2 amide bonds. The highest BCUT2D eigenvalue weighted by Crippen LogP contribution is 2.69. The number of halogens is 2. The monoisotopic (exact) mass is 400 g/mol. The van der Waals surface area contributed by atoms with Crippen LogP contribution in [-0.4, -0.2) is 26.9 Å². The smallest absolute Gasteiger partial charge is 0.328 e. The van der Waals surface area contributed by atoms with E-state index in [1.165, 1.54) is 6.07 Å². The molecule has 0 bridgehead atoms. The van der Waals surface area contributed by atoms with E-state index in [1.54, 1.807) is 6.07 Å². The van der Waals surface area contributed by atoms with Crippen LogP contribution in [0.15, 0.2) is 34.5 Å². The Bertz CT molecular complexity index is 940. The number of nitrogens with one attached hydrogen (secondary N) is 2. The number of rotatable bonds is 4. The Morgan fingerprint density at radius 1 is 1.31 bits per heavy atom. The number of hydrogen-bond acceptors (Lipinski definition) is 4. The van der Waals surface area contributed by atoms with Gasteiger partial charge in [-0.05, 0) is 42.7 Å². The van der Waals surface area contributed by atoms with E-state index in [-0.39, 0.29) is 23.1 Å². The molecule has 1 aromatic heterocycles. The fourth-order valence-electron chi connectivity index (χ4n) is 3.82. The summed E-state index contributed by atoms with van der Waals surface area (Å²) in [6, 6.07) is 7.92. The van der Waals surface area contributed by atoms with Crippen molar-refractivity contribution in [3.05, 3.63) is 30.3 Å². The third kappa shape index (κ3) is 3.07. The molecule has 4 rings (SSSR count). The van der Waals surface area contributed by atoms with Crippen molar-refractivity contribution in [1.82, 2.24) is 10.0 Å². The summed E-state index contributed by atoms with van der Waals surface area (Å²) in [7, 11) is -3.96. The van der Waals surface area contributed by atoms with Gasteiger partial charge in [-0.1, -0.05) is 18.2 Å². The third-order valence-electron chi connectivity index (χ3n) is 5.37. The molecule has 9 heteroatoms. The second-order valence-corrected chi connectivity index (χ2v) is 10.2. The largest absolute Gasteiger partial charge is 0.337 e. The van der Waals surface area contributed by atoms with Gasteiger partial charge >= 0.3 is 6.03 Å². The van der Waals surface area contributed by atoms with Crippen LogP contribution in [0.4, 0.5) is 13.6 Å². The van der Waals surface area contributed by atoms with Crippen LogP contribution in [0, 0.1) is 11.3 Å². The van der Waals surface area contributed by atoms with Crippen LogP contribution in [-0.2, 0) is 10.0 Å². The zero-order valence-corrected chi connectivity index (χ0v) is 15.4. The average molecular weight is 400 g/mol. The fourth-order valence-corrected chi connectivity index (χ4v) is 6.15. The summed E-state index contributed by atoms with van der Waals surface area (Å²) >= 11 is 1.08. The van der Waals surface area contributed by atoms with E-state index in [4.69, 9.17) is 0 Å². The Labute approximate surface area is 153 Å². The summed E-state index contributed by atoms with van der Waals surface area (Å²) in [6.45, 7) is 0.200. The first-order valence-corrected chi connectivity index (χ1v) is 10.7. The fraction of sp³-hybridized carbons (Fsp3) is 0.471. The van der Waals surface area contributed by atoms with Crippen LogP contribution in [0.2, 0.25) is 0 Å². The van der Waals surface area contributed by atoms with Gasteiger partial charge in [-0.15, -0.1) is 11.3 Å². The maximum atomic E-state index is 13.4. The maximum Gasteiger partial charge on any atom is 0.328 e. The van der Waals surface area contributed by atoms with Gasteiger partial charge in [0.15, 0.2) is 0 Å². The van der Waals surface area contributed by atoms with Crippen LogP contribution in [0.1, 0.15) is 25.7 Å². The summed E-state index contributed by atoms with van der Waals surface area (Å²) in [4.78, 5) is 12.0. The van der Waals surface area contributed by atoms with Crippen LogP contribution >= 0.6 is 11.3 Å². The first-order valence-electron chi connectivity index (χ1n) is 8.38. The number of sulfonamides is 1. The van der Waals surface area contributed by atoms with E-state index >= 15 is 0 Å². The number of carbonyl (C=O) groups excluding carboxylic acids is 1. The van der Waals surface area contributed by atoms with Crippen molar-refractivity contribution in [3.63, 3.8) is 0 Å². The number of benzene rings is 1. The van der Waals surface area contributed by atoms with E-state index < -0.39 is 27.4 Å². The second kappa shape index (κ2) is 5.88. The first kappa shape index (κ1) is 17.7. The lowest BCUT2D eigenvalue weighted by molar-refractivity contribution is 0.0645. The van der Waals surface area contributed by atoms with Gasteiger partial charge in [0.1, 0.15) is 4.21 Å². The summed E-state index contributed by atoms with van der Waals surface area (Å²) in [5.74, 6) is -2.62. The number of thiophene rings is 1. The lowest BCUT2D eigenvalue weighted by Crippen LogP contribution is -2.41. The molecule has 1 spiro atoms. The standard InChI is InChI=1S/C17H18F2N2O3S2/c18-17(19)10-16(17)6-5-11(8-16)9-20-15(22)21-26(23,24)14-7-12-3-1-2-4-13(12)25-14/h1-4,7,11H,5-6,8-10H2,(H2,20,21,22). The van der Waals surface area contributed by atoms with Gasteiger partial charge < -0.3 is 5.32 Å². The minimum absolute atomic E-state index is 0.0406. The highest BCUT2D eigenvalue weighted by molar-refractivity contribution is 7.92. The molecule has 2 N–H and O–H groups in total. The molecule has 5 nitrogen and oxygen atoms in total. The topological polar surface area (TPSA) is 75.3 Å². The molecular formula is C17H18F2N2O3S2. The van der Waals surface area contributed by atoms with Crippen molar-refractivity contribution >= 4 is 37.5 Å². The van der Waals surface area contributed by atoms with Crippen LogP contribution in [0.5, 0.6) is 0 Å². The SMILES string of the molecule is O=C(NCC1CCC2(C1)CC2(F)F)NS(=O)(=O)c1cc2ccccc2s1. The minimum atomic E-state index is -3.96. The van der Waals surface area contributed by atoms with Crippen LogP contribution < -0.4 is 10.0 Å². The number of alkyl halides is 2. The van der Waals surface area contributed by atoms with E-state index in [9.17, 15) is 22.0 Å². The van der Waals surface area contributed by atoms with Gasteiger partial charge in [0.2, 0.25) is 0 Å². The molecule has 1 heterocycles. The molecule has 0 aliphatic heterocycles. The molecule has 0 radical (unpaired) electrons. The minimum Gasteiger partial charge on any atom is -0.337 e. The lowest BCUT2D eigenvalue weighted by Gasteiger charge is -2.12. The van der Waals surface area contributed by atoms with E-state index in [1.807, 2.05) is 22.9 Å². The highest BCUT2D eigenvalue weighted by atomic mass is 32.2. The molecule has 2 aliphatic carbocycles. The van der Waals surface area contributed by atoms with E-state index in [2.05, 4.69) is 5.32 Å². The zero-order valence-electron chi connectivity index (χ0n) is 13.8. The molecule has 2 aromatic rings. The first-order chi connectivity index (χ1) is 12.2. The molecular weight excluding hydrogens is 382 g/mol. The van der Waals surface area contributed by atoms with Gasteiger partial charge in [-0.3, -0.25) is 0 Å². The van der Waals surface area contributed by atoms with E-state index in [0.717, 1.165) is 21.4 Å². The average Bonchev–Trinajstić information content (AvgIpc) is 2.96. The number of urea groups is 1. The van der Waals surface area contributed by atoms with Crippen LogP contribution in [0.25, 0.3) is 10.1 Å². The van der Waals surface area contributed by atoms with Crippen molar-refractivity contribution in [2.24, 2.45) is 11.3 Å². The summed E-state index contributed by atoms with van der Waals surface area (Å²) in [5.41, 5.74) is -0.876. The second-order valence-electron chi connectivity index (χ2n) is 7.19. The molecule has 2 saturated carbocycles. The number of hydrogen-bond donors (Lipinski definition) is 2. The number of fused-ring (bicyclic) bond motifs is 1. The Hall–Kier alpha value is -1.74. The zero-order chi connectivity index (χ0) is 18.6.